The number of carboxylic acids is 1. The van der Waals surface area contributed by atoms with Crippen molar-refractivity contribution in [3.8, 4) is 0 Å². The fraction of sp³-hybridized carbons (Fsp3) is 0.0714. The van der Waals surface area contributed by atoms with Gasteiger partial charge in [-0.15, -0.1) is 11.8 Å². The van der Waals surface area contributed by atoms with Crippen molar-refractivity contribution in [3.63, 3.8) is 0 Å². The first-order valence-corrected chi connectivity index (χ1v) is 6.85. The predicted molar refractivity (Wildman–Crippen MR) is 76.0 cm³/mol. The summed E-state index contributed by atoms with van der Waals surface area (Å²) in [4.78, 5) is 21.1. The first-order chi connectivity index (χ1) is 9.97. The molecule has 0 bridgehead atoms. The smallest absolute Gasteiger partial charge is 0.335 e. The maximum Gasteiger partial charge on any atom is 0.335 e. The third-order valence-corrected chi connectivity index (χ3v) is 3.82. The summed E-state index contributed by atoms with van der Waals surface area (Å²) in [6.45, 7) is 0. The number of aromatic carboxylic acids is 1. The summed E-state index contributed by atoms with van der Waals surface area (Å²) in [6, 6.07) is 9.51. The van der Waals surface area contributed by atoms with Crippen LogP contribution in [0.15, 0.2) is 47.4 Å². The summed E-state index contributed by atoms with van der Waals surface area (Å²) in [5.74, 6) is -1.23. The van der Waals surface area contributed by atoms with Crippen molar-refractivity contribution < 1.29 is 19.2 Å². The third-order valence-electron chi connectivity index (χ3n) is 2.72. The Morgan fingerprint density at radius 1 is 1.24 bits per heavy atom. The maximum absolute atomic E-state index is 13.6. The molecule has 0 spiro atoms. The Hall–Kier alpha value is -2.41. The standard InChI is InChI=1S/C14H10FNO4S/c15-12-6-3-10(14(17)18)7-13(12)21-8-9-1-4-11(5-2-9)16(19)20/h1-7H,8H2,(H,17,18). The quantitative estimate of drug-likeness (QED) is 0.517. The van der Waals surface area contributed by atoms with Gasteiger partial charge in [0.15, 0.2) is 0 Å². The number of benzene rings is 2. The normalized spacial score (nSPS) is 10.3. The van der Waals surface area contributed by atoms with Crippen LogP contribution in [-0.2, 0) is 5.75 Å². The predicted octanol–water partition coefficient (Wildman–Crippen LogP) is 3.72. The van der Waals surface area contributed by atoms with Gasteiger partial charge in [-0.3, -0.25) is 10.1 Å². The molecule has 2 aromatic carbocycles. The minimum absolute atomic E-state index is 0.0113. The molecule has 0 saturated heterocycles. The topological polar surface area (TPSA) is 80.4 Å². The average Bonchev–Trinajstić information content (AvgIpc) is 2.46. The lowest BCUT2D eigenvalue weighted by Crippen LogP contribution is -1.97. The zero-order valence-electron chi connectivity index (χ0n) is 10.7. The van der Waals surface area contributed by atoms with Crippen LogP contribution in [0.2, 0.25) is 0 Å². The van der Waals surface area contributed by atoms with Crippen molar-refractivity contribution >= 4 is 23.4 Å². The summed E-state index contributed by atoms with van der Waals surface area (Å²) in [7, 11) is 0. The molecular formula is C14H10FNO4S. The molecule has 1 N–H and O–H groups in total. The molecule has 7 heteroatoms. The number of hydrogen-bond acceptors (Lipinski definition) is 4. The average molecular weight is 307 g/mol. The summed E-state index contributed by atoms with van der Waals surface area (Å²) >= 11 is 1.14. The Morgan fingerprint density at radius 2 is 1.90 bits per heavy atom. The number of nitrogens with zero attached hydrogens (tertiary/aromatic N) is 1. The number of thioether (sulfide) groups is 1. The van der Waals surface area contributed by atoms with Gasteiger partial charge in [0, 0.05) is 22.8 Å². The molecule has 108 valence electrons. The van der Waals surface area contributed by atoms with E-state index in [1.807, 2.05) is 0 Å². The Labute approximate surface area is 123 Å². The van der Waals surface area contributed by atoms with E-state index in [0.29, 0.717) is 5.75 Å². The number of rotatable bonds is 5. The van der Waals surface area contributed by atoms with Crippen LogP contribution in [0.3, 0.4) is 0 Å². The second-order valence-electron chi connectivity index (χ2n) is 4.16. The van der Waals surface area contributed by atoms with Gasteiger partial charge in [0.2, 0.25) is 0 Å². The molecule has 21 heavy (non-hydrogen) atoms. The highest BCUT2D eigenvalue weighted by molar-refractivity contribution is 7.98. The molecule has 5 nitrogen and oxygen atoms in total. The molecule has 0 amide bonds. The van der Waals surface area contributed by atoms with E-state index < -0.39 is 16.7 Å². The number of nitro groups is 1. The van der Waals surface area contributed by atoms with Crippen LogP contribution in [-0.4, -0.2) is 16.0 Å². The highest BCUT2D eigenvalue weighted by Crippen LogP contribution is 2.27. The van der Waals surface area contributed by atoms with E-state index in [-0.39, 0.29) is 16.1 Å². The number of carbonyl (C=O) groups is 1. The molecule has 0 heterocycles. The number of carboxylic acid groups (broad SMARTS) is 1. The van der Waals surface area contributed by atoms with Gasteiger partial charge in [0.25, 0.3) is 5.69 Å². The van der Waals surface area contributed by atoms with Crippen LogP contribution in [0, 0.1) is 15.9 Å². The van der Waals surface area contributed by atoms with E-state index in [4.69, 9.17) is 5.11 Å². The highest BCUT2D eigenvalue weighted by Gasteiger charge is 2.10. The zero-order valence-corrected chi connectivity index (χ0v) is 11.5. The van der Waals surface area contributed by atoms with Crippen molar-refractivity contribution in [2.45, 2.75) is 10.6 Å². The highest BCUT2D eigenvalue weighted by atomic mass is 32.2. The molecule has 0 radical (unpaired) electrons. The molecule has 0 aromatic heterocycles. The fourth-order valence-electron chi connectivity index (χ4n) is 1.62. The molecule has 0 aliphatic carbocycles. The molecule has 0 saturated carbocycles. The van der Waals surface area contributed by atoms with E-state index in [1.54, 1.807) is 12.1 Å². The zero-order chi connectivity index (χ0) is 15.4. The van der Waals surface area contributed by atoms with Gasteiger partial charge in [0.1, 0.15) is 5.82 Å². The number of non-ortho nitro benzene ring substituents is 1. The van der Waals surface area contributed by atoms with Crippen molar-refractivity contribution in [1.29, 1.82) is 0 Å². The molecule has 2 rings (SSSR count). The van der Waals surface area contributed by atoms with Gasteiger partial charge in [-0.1, -0.05) is 12.1 Å². The minimum atomic E-state index is -1.12. The maximum atomic E-state index is 13.6. The van der Waals surface area contributed by atoms with Gasteiger partial charge < -0.3 is 5.11 Å². The van der Waals surface area contributed by atoms with Crippen LogP contribution >= 0.6 is 11.8 Å². The van der Waals surface area contributed by atoms with Crippen LogP contribution in [0.4, 0.5) is 10.1 Å². The summed E-state index contributed by atoms with van der Waals surface area (Å²) in [6.07, 6.45) is 0. The SMILES string of the molecule is O=C(O)c1ccc(F)c(SCc2ccc([N+](=O)[O-])cc2)c1. The van der Waals surface area contributed by atoms with Gasteiger partial charge in [-0.2, -0.15) is 0 Å². The number of halogens is 1. The van der Waals surface area contributed by atoms with Crippen LogP contribution < -0.4 is 0 Å². The van der Waals surface area contributed by atoms with Crippen LogP contribution in [0.1, 0.15) is 15.9 Å². The lowest BCUT2D eigenvalue weighted by molar-refractivity contribution is -0.384. The third kappa shape index (κ3) is 3.79. The van der Waals surface area contributed by atoms with Crippen molar-refractivity contribution in [3.05, 3.63) is 69.5 Å². The first kappa shape index (κ1) is 15.0. The second-order valence-corrected chi connectivity index (χ2v) is 5.18. The van der Waals surface area contributed by atoms with Crippen molar-refractivity contribution in [2.75, 3.05) is 0 Å². The Morgan fingerprint density at radius 3 is 2.48 bits per heavy atom. The Balaban J connectivity index is 2.10. The number of nitro benzene ring substituents is 1. The van der Waals surface area contributed by atoms with E-state index in [2.05, 4.69) is 0 Å². The molecule has 0 atom stereocenters. The summed E-state index contributed by atoms with van der Waals surface area (Å²) in [5.41, 5.74) is 0.788. The summed E-state index contributed by atoms with van der Waals surface area (Å²) < 4.78 is 13.6. The Bertz CT molecular complexity index is 688. The monoisotopic (exact) mass is 307 g/mol. The van der Waals surface area contributed by atoms with Gasteiger partial charge in [-0.25, -0.2) is 9.18 Å². The van der Waals surface area contributed by atoms with Crippen LogP contribution in [0.25, 0.3) is 0 Å². The Kier molecular flexibility index (Phi) is 4.54. The fourth-order valence-corrected chi connectivity index (χ4v) is 2.55. The molecule has 0 unspecified atom stereocenters. The molecule has 0 fully saturated rings. The van der Waals surface area contributed by atoms with Crippen molar-refractivity contribution in [1.82, 2.24) is 0 Å². The lowest BCUT2D eigenvalue weighted by Gasteiger charge is -2.05. The van der Waals surface area contributed by atoms with E-state index in [9.17, 15) is 19.3 Å². The molecule has 0 aliphatic rings. The van der Waals surface area contributed by atoms with E-state index >= 15 is 0 Å². The molecule has 0 aliphatic heterocycles. The molecular weight excluding hydrogens is 297 g/mol. The lowest BCUT2D eigenvalue weighted by atomic mass is 10.2. The largest absolute Gasteiger partial charge is 0.478 e. The van der Waals surface area contributed by atoms with E-state index in [1.165, 1.54) is 24.3 Å². The van der Waals surface area contributed by atoms with Gasteiger partial charge in [0.05, 0.1) is 10.5 Å². The van der Waals surface area contributed by atoms with Gasteiger partial charge >= 0.3 is 5.97 Å². The van der Waals surface area contributed by atoms with E-state index in [0.717, 1.165) is 23.4 Å². The number of hydrogen-bond donors (Lipinski definition) is 1. The first-order valence-electron chi connectivity index (χ1n) is 5.86. The second kappa shape index (κ2) is 6.36. The van der Waals surface area contributed by atoms with Crippen molar-refractivity contribution in [2.24, 2.45) is 0 Å². The summed E-state index contributed by atoms with van der Waals surface area (Å²) in [5, 5.41) is 19.4. The minimum Gasteiger partial charge on any atom is -0.478 e. The van der Waals surface area contributed by atoms with Gasteiger partial charge in [-0.05, 0) is 23.8 Å². The van der Waals surface area contributed by atoms with Crippen LogP contribution in [0.5, 0.6) is 0 Å². The molecule has 2 aromatic rings.